The molecule has 1 aromatic carbocycles. The number of para-hydroxylation sites is 1. The normalized spacial score (nSPS) is 20.8. The van der Waals surface area contributed by atoms with E-state index in [1.807, 2.05) is 25.1 Å². The topological polar surface area (TPSA) is 85.9 Å². The maximum absolute atomic E-state index is 12.2. The second kappa shape index (κ2) is 7.02. The van der Waals surface area contributed by atoms with Crippen LogP contribution in [0.4, 0.5) is 0 Å². The molecule has 112 valence electrons. The molecule has 0 aromatic heterocycles. The molecule has 0 radical (unpaired) electrons. The first-order valence-electron chi connectivity index (χ1n) is 6.78. The number of hydrogen-bond acceptors (Lipinski definition) is 5. The van der Waals surface area contributed by atoms with Crippen molar-refractivity contribution in [2.75, 3.05) is 12.9 Å². The van der Waals surface area contributed by atoms with E-state index in [9.17, 15) is 15.3 Å². The SMILES string of the molecule is CCOc1ccccc1[C@H]1C(C#N)=C(SC)NC(=O)[C@H]1C#N. The van der Waals surface area contributed by atoms with E-state index < -0.39 is 11.8 Å². The Labute approximate surface area is 133 Å². The van der Waals surface area contributed by atoms with E-state index in [-0.39, 0.29) is 5.91 Å². The second-order valence-electron chi connectivity index (χ2n) is 4.60. The van der Waals surface area contributed by atoms with Crippen molar-refractivity contribution in [2.24, 2.45) is 5.92 Å². The lowest BCUT2D eigenvalue weighted by Gasteiger charge is -2.29. The summed E-state index contributed by atoms with van der Waals surface area (Å²) in [4.78, 5) is 12.2. The van der Waals surface area contributed by atoms with Gasteiger partial charge in [0.1, 0.15) is 11.7 Å². The molecule has 0 aliphatic carbocycles. The molecule has 2 rings (SSSR count). The highest BCUT2D eigenvalue weighted by Gasteiger charge is 2.40. The van der Waals surface area contributed by atoms with Gasteiger partial charge in [-0.15, -0.1) is 11.8 Å². The van der Waals surface area contributed by atoms with Crippen molar-refractivity contribution in [3.05, 3.63) is 40.4 Å². The molecule has 1 aliphatic rings. The highest BCUT2D eigenvalue weighted by molar-refractivity contribution is 8.02. The molecule has 0 bridgehead atoms. The maximum Gasteiger partial charge on any atom is 0.243 e. The first kappa shape index (κ1) is 15.9. The van der Waals surface area contributed by atoms with Crippen LogP contribution in [0.2, 0.25) is 0 Å². The Balaban J connectivity index is 2.65. The number of rotatable bonds is 4. The number of ether oxygens (including phenoxy) is 1. The summed E-state index contributed by atoms with van der Waals surface area (Å²) in [5, 5.41) is 22.1. The molecule has 0 fully saturated rings. The lowest BCUT2D eigenvalue weighted by Crippen LogP contribution is -2.38. The molecule has 1 N–H and O–H groups in total. The van der Waals surface area contributed by atoms with E-state index in [0.29, 0.717) is 28.5 Å². The molecule has 1 aromatic rings. The third-order valence-corrected chi connectivity index (χ3v) is 4.16. The summed E-state index contributed by atoms with van der Waals surface area (Å²) < 4.78 is 5.60. The Morgan fingerprint density at radius 1 is 1.36 bits per heavy atom. The molecular formula is C16H15N3O2S. The van der Waals surface area contributed by atoms with Gasteiger partial charge in [-0.2, -0.15) is 10.5 Å². The van der Waals surface area contributed by atoms with Gasteiger partial charge < -0.3 is 10.1 Å². The van der Waals surface area contributed by atoms with Crippen molar-refractivity contribution in [1.82, 2.24) is 5.32 Å². The van der Waals surface area contributed by atoms with Gasteiger partial charge in [-0.05, 0) is 19.2 Å². The number of carbonyl (C=O) groups excluding carboxylic acids is 1. The molecule has 1 amide bonds. The number of nitrogens with one attached hydrogen (secondary N) is 1. The van der Waals surface area contributed by atoms with Crippen molar-refractivity contribution in [3.63, 3.8) is 0 Å². The molecule has 0 saturated heterocycles. The van der Waals surface area contributed by atoms with Crippen molar-refractivity contribution >= 4 is 17.7 Å². The van der Waals surface area contributed by atoms with E-state index in [1.165, 1.54) is 11.8 Å². The summed E-state index contributed by atoms with van der Waals surface area (Å²) in [6.45, 7) is 2.33. The highest BCUT2D eigenvalue weighted by atomic mass is 32.2. The fourth-order valence-electron chi connectivity index (χ4n) is 2.49. The molecule has 5 nitrogen and oxygen atoms in total. The first-order valence-corrected chi connectivity index (χ1v) is 8.00. The van der Waals surface area contributed by atoms with Crippen LogP contribution in [0.5, 0.6) is 5.75 Å². The van der Waals surface area contributed by atoms with E-state index in [0.717, 1.165) is 0 Å². The van der Waals surface area contributed by atoms with Crippen LogP contribution in [0.15, 0.2) is 34.9 Å². The first-order chi connectivity index (χ1) is 10.7. The summed E-state index contributed by atoms with van der Waals surface area (Å²) >= 11 is 1.29. The standard InChI is InChI=1S/C16H15N3O2S/c1-3-21-13-7-5-4-6-10(13)14-11(8-17)15(20)19-16(22-2)12(14)9-18/h4-7,11,14H,3H2,1-2H3,(H,19,20)/t11-,14+/m0/s1. The molecule has 2 atom stereocenters. The van der Waals surface area contributed by atoms with E-state index >= 15 is 0 Å². The quantitative estimate of drug-likeness (QED) is 0.923. The number of carbonyl (C=O) groups is 1. The zero-order valence-corrected chi connectivity index (χ0v) is 13.1. The minimum Gasteiger partial charge on any atom is -0.494 e. The lowest BCUT2D eigenvalue weighted by molar-refractivity contribution is -0.123. The Morgan fingerprint density at radius 3 is 2.68 bits per heavy atom. The summed E-state index contributed by atoms with van der Waals surface area (Å²) in [7, 11) is 0. The van der Waals surface area contributed by atoms with Gasteiger partial charge in [0.15, 0.2) is 0 Å². The number of nitriles is 2. The van der Waals surface area contributed by atoms with Gasteiger partial charge in [-0.1, -0.05) is 18.2 Å². The molecule has 6 heteroatoms. The van der Waals surface area contributed by atoms with Crippen LogP contribution in [-0.2, 0) is 4.79 Å². The monoisotopic (exact) mass is 313 g/mol. The lowest BCUT2D eigenvalue weighted by atomic mass is 9.79. The highest BCUT2D eigenvalue weighted by Crippen LogP contribution is 2.42. The average molecular weight is 313 g/mol. The second-order valence-corrected chi connectivity index (χ2v) is 5.42. The maximum atomic E-state index is 12.2. The van der Waals surface area contributed by atoms with Crippen molar-refractivity contribution in [3.8, 4) is 17.9 Å². The van der Waals surface area contributed by atoms with Crippen LogP contribution in [0, 0.1) is 28.6 Å². The smallest absolute Gasteiger partial charge is 0.243 e. The van der Waals surface area contributed by atoms with Gasteiger partial charge in [0.25, 0.3) is 0 Å². The summed E-state index contributed by atoms with van der Waals surface area (Å²) in [6.07, 6.45) is 1.78. The van der Waals surface area contributed by atoms with Gasteiger partial charge in [0, 0.05) is 5.56 Å². The van der Waals surface area contributed by atoms with Gasteiger partial charge in [0.2, 0.25) is 5.91 Å². The molecule has 0 spiro atoms. The van der Waals surface area contributed by atoms with E-state index in [4.69, 9.17) is 4.74 Å². The third-order valence-electron chi connectivity index (χ3n) is 3.43. The minimum atomic E-state index is -0.952. The zero-order chi connectivity index (χ0) is 16.1. The van der Waals surface area contributed by atoms with Crippen LogP contribution >= 0.6 is 11.8 Å². The van der Waals surface area contributed by atoms with Crippen LogP contribution in [0.1, 0.15) is 18.4 Å². The third kappa shape index (κ3) is 2.79. The zero-order valence-electron chi connectivity index (χ0n) is 12.3. The predicted molar refractivity (Wildman–Crippen MR) is 83.8 cm³/mol. The number of hydrogen-bond donors (Lipinski definition) is 1. The Bertz CT molecular complexity index is 700. The summed E-state index contributed by atoms with van der Waals surface area (Å²) in [5.74, 6) is -1.36. The summed E-state index contributed by atoms with van der Waals surface area (Å²) in [6, 6.07) is 11.4. The molecule has 0 saturated carbocycles. The Hall–Kier alpha value is -2.44. The number of allylic oxidation sites excluding steroid dienone is 1. The molecule has 1 aliphatic heterocycles. The van der Waals surface area contributed by atoms with Gasteiger partial charge >= 0.3 is 0 Å². The van der Waals surface area contributed by atoms with Gasteiger partial charge in [-0.3, -0.25) is 4.79 Å². The predicted octanol–water partition coefficient (Wildman–Crippen LogP) is 2.54. The van der Waals surface area contributed by atoms with E-state index in [2.05, 4.69) is 11.4 Å². The van der Waals surface area contributed by atoms with Crippen LogP contribution < -0.4 is 10.1 Å². The van der Waals surface area contributed by atoms with E-state index in [1.54, 1.807) is 18.4 Å². The molecule has 1 heterocycles. The number of amides is 1. The fourth-order valence-corrected chi connectivity index (χ4v) is 3.09. The number of nitrogens with zero attached hydrogens (tertiary/aromatic N) is 2. The largest absolute Gasteiger partial charge is 0.494 e. The Kier molecular flexibility index (Phi) is 5.08. The van der Waals surface area contributed by atoms with Crippen LogP contribution in [-0.4, -0.2) is 18.8 Å². The summed E-state index contributed by atoms with van der Waals surface area (Å²) in [5.41, 5.74) is 1.08. The molecule has 0 unspecified atom stereocenters. The van der Waals surface area contributed by atoms with Crippen LogP contribution in [0.25, 0.3) is 0 Å². The fraction of sp³-hybridized carbons (Fsp3) is 0.312. The van der Waals surface area contributed by atoms with Crippen molar-refractivity contribution in [1.29, 1.82) is 10.5 Å². The van der Waals surface area contributed by atoms with Gasteiger partial charge in [0.05, 0.1) is 35.3 Å². The molecule has 22 heavy (non-hydrogen) atoms. The van der Waals surface area contributed by atoms with Gasteiger partial charge in [-0.25, -0.2) is 0 Å². The molecular weight excluding hydrogens is 298 g/mol. The minimum absolute atomic E-state index is 0.387. The number of benzene rings is 1. The van der Waals surface area contributed by atoms with Crippen molar-refractivity contribution < 1.29 is 9.53 Å². The number of thioether (sulfide) groups is 1. The van der Waals surface area contributed by atoms with Crippen LogP contribution in [0.3, 0.4) is 0 Å². The van der Waals surface area contributed by atoms with Crippen molar-refractivity contribution in [2.45, 2.75) is 12.8 Å². The Morgan fingerprint density at radius 2 is 2.09 bits per heavy atom. The average Bonchev–Trinajstić information content (AvgIpc) is 2.54.